The highest BCUT2D eigenvalue weighted by Gasteiger charge is 2.52. The maximum Gasteiger partial charge on any atom is 0.327 e. The van der Waals surface area contributed by atoms with Gasteiger partial charge in [-0.05, 0) is 66.6 Å². The fourth-order valence-corrected chi connectivity index (χ4v) is 3.73. The van der Waals surface area contributed by atoms with Crippen molar-refractivity contribution in [3.63, 3.8) is 0 Å². The zero-order chi connectivity index (χ0) is 22.8. The van der Waals surface area contributed by atoms with Gasteiger partial charge in [0.25, 0.3) is 5.91 Å². The zero-order valence-electron chi connectivity index (χ0n) is 16.7. The highest BCUT2D eigenvalue weighted by atomic mass is 19.1. The minimum atomic E-state index is -1.14. The molecule has 4 rings (SSSR count). The van der Waals surface area contributed by atoms with Gasteiger partial charge < -0.3 is 16.2 Å². The van der Waals surface area contributed by atoms with Gasteiger partial charge in [0.1, 0.15) is 17.7 Å². The van der Waals surface area contributed by atoms with Crippen molar-refractivity contribution in [1.29, 1.82) is 0 Å². The molecule has 0 spiro atoms. The summed E-state index contributed by atoms with van der Waals surface area (Å²) < 4.78 is 13.1. The zero-order valence-corrected chi connectivity index (χ0v) is 16.7. The number of nitrogens with zero attached hydrogens (tertiary/aromatic N) is 2. The fourth-order valence-electron chi connectivity index (χ4n) is 3.73. The number of pyridine rings is 1. The minimum absolute atomic E-state index is 0.212. The molecule has 8 nitrogen and oxygen atoms in total. The number of carbonyl (C=O) groups excluding carboxylic acids is 2. The molecule has 3 aromatic rings. The molecule has 1 aliphatic rings. The van der Waals surface area contributed by atoms with Crippen LogP contribution in [0.2, 0.25) is 0 Å². The highest BCUT2D eigenvalue weighted by Crippen LogP contribution is 2.35. The molecule has 32 heavy (non-hydrogen) atoms. The van der Waals surface area contributed by atoms with Crippen LogP contribution in [-0.2, 0) is 16.0 Å². The van der Waals surface area contributed by atoms with Crippen LogP contribution in [0.1, 0.15) is 15.9 Å². The Morgan fingerprint density at radius 3 is 2.56 bits per heavy atom. The van der Waals surface area contributed by atoms with Crippen molar-refractivity contribution in [2.45, 2.75) is 12.5 Å². The van der Waals surface area contributed by atoms with E-state index in [1.165, 1.54) is 41.4 Å². The largest absolute Gasteiger partial charge is 0.480 e. The van der Waals surface area contributed by atoms with E-state index in [4.69, 9.17) is 5.73 Å². The molecule has 1 aliphatic heterocycles. The van der Waals surface area contributed by atoms with Gasteiger partial charge >= 0.3 is 5.97 Å². The van der Waals surface area contributed by atoms with Gasteiger partial charge in [0, 0.05) is 23.1 Å². The molecule has 1 saturated heterocycles. The predicted molar refractivity (Wildman–Crippen MR) is 116 cm³/mol. The average molecular weight is 434 g/mol. The SMILES string of the molecule is Nc1cc(C[C@H]2C(=O)N(c3cccc(C(=O)Nc4ccc(F)cc4)c3)[C@@H]2C(=O)O)ccn1. The number of benzene rings is 2. The number of anilines is 3. The van der Waals surface area contributed by atoms with Crippen LogP contribution >= 0.6 is 0 Å². The van der Waals surface area contributed by atoms with Crippen molar-refractivity contribution in [3.8, 4) is 0 Å². The van der Waals surface area contributed by atoms with Gasteiger partial charge in [-0.1, -0.05) is 6.07 Å². The van der Waals surface area contributed by atoms with E-state index in [0.29, 0.717) is 16.9 Å². The van der Waals surface area contributed by atoms with Gasteiger partial charge in [0.2, 0.25) is 5.91 Å². The van der Waals surface area contributed by atoms with Gasteiger partial charge in [-0.3, -0.25) is 14.5 Å². The summed E-state index contributed by atoms with van der Waals surface area (Å²) in [6, 6.07) is 13.6. The molecule has 0 unspecified atom stereocenters. The minimum Gasteiger partial charge on any atom is -0.480 e. The number of hydrogen-bond donors (Lipinski definition) is 3. The van der Waals surface area contributed by atoms with Gasteiger partial charge in [-0.15, -0.1) is 0 Å². The lowest BCUT2D eigenvalue weighted by molar-refractivity contribution is -0.149. The summed E-state index contributed by atoms with van der Waals surface area (Å²) in [6.45, 7) is 0. The summed E-state index contributed by atoms with van der Waals surface area (Å²) in [6.07, 6.45) is 1.72. The maximum atomic E-state index is 13.1. The van der Waals surface area contributed by atoms with Crippen LogP contribution in [0.25, 0.3) is 0 Å². The molecule has 1 fully saturated rings. The number of nitrogens with one attached hydrogen (secondary N) is 1. The normalized spacial score (nSPS) is 17.5. The molecular weight excluding hydrogens is 415 g/mol. The summed E-state index contributed by atoms with van der Waals surface area (Å²) >= 11 is 0. The molecule has 2 atom stereocenters. The van der Waals surface area contributed by atoms with E-state index in [0.717, 1.165) is 0 Å². The lowest BCUT2D eigenvalue weighted by atomic mass is 9.82. The lowest BCUT2D eigenvalue weighted by Gasteiger charge is -2.44. The first kappa shape index (κ1) is 21.0. The second kappa shape index (κ2) is 8.46. The second-order valence-electron chi connectivity index (χ2n) is 7.40. The molecule has 0 aliphatic carbocycles. The molecule has 1 aromatic heterocycles. The Labute approximate surface area is 182 Å². The van der Waals surface area contributed by atoms with Crippen LogP contribution in [0.4, 0.5) is 21.6 Å². The van der Waals surface area contributed by atoms with E-state index in [1.807, 2.05) is 0 Å². The number of aromatic nitrogens is 1. The number of carboxylic acid groups (broad SMARTS) is 1. The Bertz CT molecular complexity index is 1200. The second-order valence-corrected chi connectivity index (χ2v) is 7.40. The van der Waals surface area contributed by atoms with Crippen molar-refractivity contribution in [3.05, 3.63) is 83.8 Å². The Kier molecular flexibility index (Phi) is 5.55. The van der Waals surface area contributed by atoms with E-state index in [9.17, 15) is 23.9 Å². The molecule has 0 radical (unpaired) electrons. The number of aliphatic carboxylic acids is 1. The van der Waals surface area contributed by atoms with Crippen molar-refractivity contribution in [2.75, 3.05) is 16.0 Å². The molecule has 2 amide bonds. The molecule has 0 bridgehead atoms. The Morgan fingerprint density at radius 2 is 1.88 bits per heavy atom. The first-order valence-corrected chi connectivity index (χ1v) is 9.77. The van der Waals surface area contributed by atoms with Crippen LogP contribution in [-0.4, -0.2) is 33.9 Å². The van der Waals surface area contributed by atoms with Gasteiger partial charge in [0.05, 0.1) is 5.92 Å². The Hall–Kier alpha value is -4.27. The van der Waals surface area contributed by atoms with Crippen molar-refractivity contribution in [2.24, 2.45) is 5.92 Å². The fraction of sp³-hybridized carbons (Fsp3) is 0.130. The molecule has 2 aromatic carbocycles. The molecule has 162 valence electrons. The van der Waals surface area contributed by atoms with Crippen LogP contribution in [0.3, 0.4) is 0 Å². The summed E-state index contributed by atoms with van der Waals surface area (Å²) in [5.41, 5.74) is 7.33. The number of carboxylic acids is 1. The molecule has 9 heteroatoms. The van der Waals surface area contributed by atoms with Gasteiger partial charge in [-0.2, -0.15) is 0 Å². The number of hydrogen-bond acceptors (Lipinski definition) is 5. The van der Waals surface area contributed by atoms with Crippen LogP contribution in [0, 0.1) is 11.7 Å². The predicted octanol–water partition coefficient (Wildman–Crippen LogP) is 2.71. The average Bonchev–Trinajstić information content (AvgIpc) is 2.77. The number of nitrogens with two attached hydrogens (primary N) is 1. The van der Waals surface area contributed by atoms with Crippen molar-refractivity contribution in [1.82, 2.24) is 4.98 Å². The number of amides is 2. The Balaban J connectivity index is 1.53. The third-order valence-corrected chi connectivity index (χ3v) is 5.26. The highest BCUT2D eigenvalue weighted by molar-refractivity contribution is 6.11. The number of rotatable bonds is 6. The number of halogens is 1. The third kappa shape index (κ3) is 4.13. The van der Waals surface area contributed by atoms with E-state index < -0.39 is 29.7 Å². The number of nitrogen functional groups attached to an aromatic ring is 1. The molecule has 4 N–H and O–H groups in total. The summed E-state index contributed by atoms with van der Waals surface area (Å²) in [7, 11) is 0. The van der Waals surface area contributed by atoms with Crippen molar-refractivity contribution < 1.29 is 23.9 Å². The topological polar surface area (TPSA) is 126 Å². The summed E-state index contributed by atoms with van der Waals surface area (Å²) in [5.74, 6) is -2.86. The lowest BCUT2D eigenvalue weighted by Crippen LogP contribution is -2.65. The summed E-state index contributed by atoms with van der Waals surface area (Å²) in [4.78, 5) is 42.4. The first-order valence-electron chi connectivity index (χ1n) is 9.77. The van der Waals surface area contributed by atoms with E-state index in [-0.39, 0.29) is 23.7 Å². The third-order valence-electron chi connectivity index (χ3n) is 5.26. The Morgan fingerprint density at radius 1 is 1.12 bits per heavy atom. The van der Waals surface area contributed by atoms with Crippen molar-refractivity contribution >= 4 is 35.0 Å². The van der Waals surface area contributed by atoms with Crippen LogP contribution < -0.4 is 16.0 Å². The molecular formula is C23H19FN4O4. The van der Waals surface area contributed by atoms with E-state index >= 15 is 0 Å². The smallest absolute Gasteiger partial charge is 0.327 e. The van der Waals surface area contributed by atoms with Gasteiger partial charge in [-0.25, -0.2) is 14.2 Å². The number of carbonyl (C=O) groups is 3. The van der Waals surface area contributed by atoms with Crippen LogP contribution in [0.15, 0.2) is 66.9 Å². The molecule has 0 saturated carbocycles. The van der Waals surface area contributed by atoms with Gasteiger partial charge in [0.15, 0.2) is 0 Å². The van der Waals surface area contributed by atoms with E-state index in [1.54, 1.807) is 30.3 Å². The maximum absolute atomic E-state index is 13.1. The monoisotopic (exact) mass is 434 g/mol. The first-order chi connectivity index (χ1) is 15.3. The molecule has 2 heterocycles. The van der Waals surface area contributed by atoms with Crippen LogP contribution in [0.5, 0.6) is 0 Å². The van der Waals surface area contributed by atoms with E-state index in [2.05, 4.69) is 10.3 Å². The summed E-state index contributed by atoms with van der Waals surface area (Å²) in [5, 5.41) is 12.4. The standard InChI is InChI=1S/C23H19FN4O4/c24-15-4-6-16(7-5-15)27-21(29)14-2-1-3-17(12-14)28-20(23(31)32)18(22(28)30)10-13-8-9-26-19(25)11-13/h1-9,11-12,18,20H,10H2,(H2,25,26)(H,27,29)(H,31,32)/t18-,20+/m1/s1. The number of β-lactam (4-membered cyclic amide) rings is 1. The quantitative estimate of drug-likeness (QED) is 0.512.